The Balaban J connectivity index is 1.56. The van der Waals surface area contributed by atoms with Crippen LogP contribution in [0.2, 0.25) is 5.02 Å². The second-order valence-corrected chi connectivity index (χ2v) is 6.35. The number of aromatic nitrogens is 3. The number of nitrogens with one attached hydrogen (secondary N) is 3. The van der Waals surface area contributed by atoms with Crippen LogP contribution in [0.3, 0.4) is 0 Å². The lowest BCUT2D eigenvalue weighted by molar-refractivity contribution is -0.137. The maximum atomic E-state index is 12.7. The zero-order valence-electron chi connectivity index (χ0n) is 14.3. The molecule has 4 rings (SSSR count). The highest BCUT2D eigenvalue weighted by Crippen LogP contribution is 2.31. The van der Waals surface area contributed by atoms with Gasteiger partial charge in [0.25, 0.3) is 0 Å². The summed E-state index contributed by atoms with van der Waals surface area (Å²) < 4.78 is 42.9. The number of anilines is 4. The number of halogens is 4. The highest BCUT2D eigenvalue weighted by atomic mass is 35.5. The average molecular weight is 422 g/mol. The van der Waals surface area contributed by atoms with E-state index in [1.807, 2.05) is 0 Å². The fourth-order valence-electron chi connectivity index (χ4n) is 2.55. The van der Waals surface area contributed by atoms with Crippen molar-refractivity contribution in [1.29, 1.82) is 0 Å². The lowest BCUT2D eigenvalue weighted by Gasteiger charge is -2.11. The molecule has 4 aromatic rings. The first-order valence-corrected chi connectivity index (χ1v) is 8.52. The van der Waals surface area contributed by atoms with Crippen LogP contribution in [0.4, 0.5) is 36.3 Å². The lowest BCUT2D eigenvalue weighted by Crippen LogP contribution is -2.05. The Morgan fingerprint density at radius 1 is 1.03 bits per heavy atom. The molecule has 0 unspecified atom stereocenters. The van der Waals surface area contributed by atoms with Gasteiger partial charge in [0.1, 0.15) is 5.02 Å². The molecular formula is C18H11ClF3N5O2. The third-order valence-electron chi connectivity index (χ3n) is 3.89. The molecule has 0 bridgehead atoms. The number of benzene rings is 2. The van der Waals surface area contributed by atoms with Gasteiger partial charge in [-0.05, 0) is 42.5 Å². The number of rotatable bonds is 4. The Kier molecular flexibility index (Phi) is 4.63. The van der Waals surface area contributed by atoms with E-state index >= 15 is 0 Å². The van der Waals surface area contributed by atoms with Crippen molar-refractivity contribution >= 4 is 45.8 Å². The normalized spacial score (nSPS) is 11.6. The van der Waals surface area contributed by atoms with Crippen LogP contribution >= 0.6 is 11.6 Å². The fraction of sp³-hybridized carbons (Fsp3) is 0.0556. The van der Waals surface area contributed by atoms with Gasteiger partial charge in [-0.1, -0.05) is 11.6 Å². The number of hydrogen-bond acceptors (Lipinski definition) is 6. The molecule has 148 valence electrons. The first-order chi connectivity index (χ1) is 13.8. The lowest BCUT2D eigenvalue weighted by atomic mass is 10.2. The van der Waals surface area contributed by atoms with Gasteiger partial charge in [-0.2, -0.15) is 18.2 Å². The molecule has 2 heterocycles. The summed E-state index contributed by atoms with van der Waals surface area (Å²) in [4.78, 5) is 22.0. The zero-order valence-corrected chi connectivity index (χ0v) is 15.1. The monoisotopic (exact) mass is 421 g/mol. The van der Waals surface area contributed by atoms with E-state index < -0.39 is 17.5 Å². The summed E-state index contributed by atoms with van der Waals surface area (Å²) >= 11 is 6.13. The Morgan fingerprint density at radius 2 is 1.76 bits per heavy atom. The van der Waals surface area contributed by atoms with Gasteiger partial charge in [0.2, 0.25) is 5.95 Å². The molecule has 0 atom stereocenters. The molecule has 7 nitrogen and oxygen atoms in total. The molecule has 29 heavy (non-hydrogen) atoms. The molecule has 0 saturated heterocycles. The van der Waals surface area contributed by atoms with Gasteiger partial charge < -0.3 is 15.1 Å². The SMILES string of the molecule is O=c1[nH]c2cc(Nc3nc(Nc4ccc(C(F)(F)F)cc4)ncc3Cl)ccc2o1. The zero-order chi connectivity index (χ0) is 20.6. The number of nitrogens with zero attached hydrogens (tertiary/aromatic N) is 2. The van der Waals surface area contributed by atoms with Crippen molar-refractivity contribution in [2.75, 3.05) is 10.6 Å². The summed E-state index contributed by atoms with van der Waals surface area (Å²) in [6.07, 6.45) is -3.06. The molecule has 0 amide bonds. The third-order valence-corrected chi connectivity index (χ3v) is 4.17. The van der Waals surface area contributed by atoms with E-state index in [0.717, 1.165) is 12.1 Å². The minimum Gasteiger partial charge on any atom is -0.408 e. The van der Waals surface area contributed by atoms with Crippen LogP contribution in [0.15, 0.2) is 57.9 Å². The van der Waals surface area contributed by atoms with Gasteiger partial charge in [0.05, 0.1) is 17.3 Å². The topological polar surface area (TPSA) is 95.8 Å². The van der Waals surface area contributed by atoms with Crippen molar-refractivity contribution < 1.29 is 17.6 Å². The summed E-state index contributed by atoms with van der Waals surface area (Å²) in [6.45, 7) is 0. The van der Waals surface area contributed by atoms with Crippen LogP contribution in [0.1, 0.15) is 5.56 Å². The van der Waals surface area contributed by atoms with Gasteiger partial charge in [-0.15, -0.1) is 0 Å². The van der Waals surface area contributed by atoms with Crippen molar-refractivity contribution in [2.24, 2.45) is 0 Å². The molecule has 0 radical (unpaired) electrons. The van der Waals surface area contributed by atoms with E-state index in [0.29, 0.717) is 22.5 Å². The van der Waals surface area contributed by atoms with Crippen molar-refractivity contribution in [2.45, 2.75) is 6.18 Å². The van der Waals surface area contributed by atoms with Gasteiger partial charge in [-0.25, -0.2) is 9.78 Å². The largest absolute Gasteiger partial charge is 0.417 e. The van der Waals surface area contributed by atoms with Crippen LogP contribution in [-0.2, 0) is 6.18 Å². The second-order valence-electron chi connectivity index (χ2n) is 5.94. The molecule has 0 fully saturated rings. The van der Waals surface area contributed by atoms with Crippen LogP contribution in [0.5, 0.6) is 0 Å². The van der Waals surface area contributed by atoms with Gasteiger partial charge in [0, 0.05) is 11.4 Å². The summed E-state index contributed by atoms with van der Waals surface area (Å²) in [7, 11) is 0. The third kappa shape index (κ3) is 4.16. The molecule has 0 aliphatic heterocycles. The summed E-state index contributed by atoms with van der Waals surface area (Å²) in [5, 5.41) is 6.04. The molecule has 0 saturated carbocycles. The van der Waals surface area contributed by atoms with Crippen molar-refractivity contribution in [1.82, 2.24) is 15.0 Å². The van der Waals surface area contributed by atoms with E-state index in [-0.39, 0.29) is 16.8 Å². The number of oxazole rings is 1. The molecule has 2 aromatic carbocycles. The minimum absolute atomic E-state index is 0.134. The van der Waals surface area contributed by atoms with E-state index in [1.165, 1.54) is 18.3 Å². The van der Waals surface area contributed by atoms with Crippen LogP contribution in [0, 0.1) is 0 Å². The highest BCUT2D eigenvalue weighted by molar-refractivity contribution is 6.32. The fourth-order valence-corrected chi connectivity index (χ4v) is 2.69. The molecule has 0 spiro atoms. The summed E-state index contributed by atoms with van der Waals surface area (Å²) in [5.74, 6) is -0.170. The maximum Gasteiger partial charge on any atom is 0.417 e. The first kappa shape index (κ1) is 18.8. The van der Waals surface area contributed by atoms with Gasteiger partial charge in [0.15, 0.2) is 11.4 Å². The molecular weight excluding hydrogens is 411 g/mol. The number of hydrogen-bond donors (Lipinski definition) is 3. The Labute approximate surface area is 165 Å². The highest BCUT2D eigenvalue weighted by Gasteiger charge is 2.29. The van der Waals surface area contributed by atoms with Crippen molar-refractivity contribution in [3.8, 4) is 0 Å². The quantitative estimate of drug-likeness (QED) is 0.426. The molecule has 11 heteroatoms. The predicted octanol–water partition coefficient (Wildman–Crippen LogP) is 5.07. The van der Waals surface area contributed by atoms with Crippen molar-refractivity contribution in [3.05, 3.63) is 69.8 Å². The Bertz CT molecular complexity index is 1230. The predicted molar refractivity (Wildman–Crippen MR) is 102 cm³/mol. The first-order valence-electron chi connectivity index (χ1n) is 8.15. The minimum atomic E-state index is -4.41. The van der Waals surface area contributed by atoms with Crippen LogP contribution < -0.4 is 16.4 Å². The number of alkyl halides is 3. The van der Waals surface area contributed by atoms with E-state index in [4.69, 9.17) is 16.0 Å². The smallest absolute Gasteiger partial charge is 0.408 e. The molecule has 3 N–H and O–H groups in total. The van der Waals surface area contributed by atoms with Crippen LogP contribution in [0.25, 0.3) is 11.1 Å². The van der Waals surface area contributed by atoms with Crippen molar-refractivity contribution in [3.63, 3.8) is 0 Å². The standard InChI is InChI=1S/C18H11ClF3N5O2/c19-12-8-23-16(25-10-3-1-9(2-4-10)18(20,21)22)27-15(12)24-11-5-6-14-13(7-11)26-17(28)29-14/h1-8H,(H,26,28)(H2,23,24,25,27). The maximum absolute atomic E-state index is 12.7. The van der Waals surface area contributed by atoms with Gasteiger partial charge in [-0.3, -0.25) is 4.98 Å². The number of H-pyrrole nitrogens is 1. The Morgan fingerprint density at radius 3 is 2.48 bits per heavy atom. The number of aromatic amines is 1. The molecule has 0 aliphatic carbocycles. The van der Waals surface area contributed by atoms with E-state index in [2.05, 4.69) is 25.6 Å². The molecule has 2 aromatic heterocycles. The second kappa shape index (κ2) is 7.13. The summed E-state index contributed by atoms with van der Waals surface area (Å²) in [5.41, 5.74) is 1.10. The average Bonchev–Trinajstić information content (AvgIpc) is 3.03. The van der Waals surface area contributed by atoms with Crippen LogP contribution in [-0.4, -0.2) is 15.0 Å². The van der Waals surface area contributed by atoms with E-state index in [1.54, 1.807) is 18.2 Å². The van der Waals surface area contributed by atoms with Gasteiger partial charge >= 0.3 is 11.9 Å². The molecule has 0 aliphatic rings. The summed E-state index contributed by atoms with van der Waals surface area (Å²) in [6, 6.07) is 9.37. The Hall–Kier alpha value is -3.53. The van der Waals surface area contributed by atoms with E-state index in [9.17, 15) is 18.0 Å². The number of fused-ring (bicyclic) bond motifs is 1.